The molecule has 3 aromatic heterocycles. The van der Waals surface area contributed by atoms with E-state index in [0.29, 0.717) is 17.7 Å². The summed E-state index contributed by atoms with van der Waals surface area (Å²) in [4.78, 5) is 9.79. The van der Waals surface area contributed by atoms with Gasteiger partial charge in [0.25, 0.3) is 0 Å². The highest BCUT2D eigenvalue weighted by atomic mass is 32.1. The van der Waals surface area contributed by atoms with Crippen LogP contribution < -0.4 is 10.1 Å². The summed E-state index contributed by atoms with van der Waals surface area (Å²) in [6.07, 6.45) is 0. The number of aryl methyl sites for hydroxylation is 2. The Morgan fingerprint density at radius 2 is 2.25 bits per heavy atom. The molecule has 0 radical (unpaired) electrons. The van der Waals surface area contributed by atoms with Gasteiger partial charge in [-0.05, 0) is 25.3 Å². The first kappa shape index (κ1) is 12.9. The van der Waals surface area contributed by atoms with Gasteiger partial charge < -0.3 is 10.1 Å². The number of rotatable bonds is 4. The van der Waals surface area contributed by atoms with Gasteiger partial charge in [0, 0.05) is 19.7 Å². The normalized spacial score (nSPS) is 10.9. The Morgan fingerprint density at radius 3 is 2.95 bits per heavy atom. The van der Waals surface area contributed by atoms with Gasteiger partial charge >= 0.3 is 0 Å². The van der Waals surface area contributed by atoms with Crippen molar-refractivity contribution in [3.63, 3.8) is 0 Å². The van der Waals surface area contributed by atoms with E-state index in [-0.39, 0.29) is 0 Å². The van der Waals surface area contributed by atoms with Crippen LogP contribution in [0, 0.1) is 6.92 Å². The van der Waals surface area contributed by atoms with Crippen LogP contribution in [0.1, 0.15) is 12.6 Å². The first-order chi connectivity index (χ1) is 9.67. The molecule has 0 aliphatic heterocycles. The Morgan fingerprint density at radius 1 is 1.40 bits per heavy atom. The van der Waals surface area contributed by atoms with Crippen LogP contribution in [-0.4, -0.2) is 26.3 Å². The lowest BCUT2D eigenvalue weighted by atomic mass is 10.4. The molecule has 104 valence electrons. The highest BCUT2D eigenvalue weighted by molar-refractivity contribution is 7.16. The van der Waals surface area contributed by atoms with Crippen molar-refractivity contribution in [1.29, 1.82) is 0 Å². The summed E-state index contributed by atoms with van der Waals surface area (Å²) >= 11 is 1.57. The summed E-state index contributed by atoms with van der Waals surface area (Å²) in [5.41, 5.74) is 0.907. The van der Waals surface area contributed by atoms with Crippen LogP contribution >= 0.6 is 11.3 Å². The summed E-state index contributed by atoms with van der Waals surface area (Å²) in [6.45, 7) is 4.70. The molecule has 0 saturated heterocycles. The topological polar surface area (TPSA) is 64.9 Å². The van der Waals surface area contributed by atoms with Gasteiger partial charge in [-0.3, -0.25) is 0 Å². The third-order valence-electron chi connectivity index (χ3n) is 2.79. The van der Waals surface area contributed by atoms with Crippen molar-refractivity contribution in [3.8, 4) is 11.8 Å². The lowest BCUT2D eigenvalue weighted by Gasteiger charge is -2.08. The summed E-state index contributed by atoms with van der Waals surface area (Å²) in [5.74, 6) is 1.79. The van der Waals surface area contributed by atoms with Crippen molar-refractivity contribution in [2.24, 2.45) is 7.05 Å². The Bertz CT molecular complexity index is 748. The molecule has 0 aliphatic rings. The van der Waals surface area contributed by atoms with Gasteiger partial charge in [0.15, 0.2) is 0 Å². The van der Waals surface area contributed by atoms with Gasteiger partial charge in [-0.1, -0.05) is 0 Å². The molecule has 7 heteroatoms. The molecule has 0 aliphatic carbocycles. The Labute approximate surface area is 120 Å². The number of hydrogen-bond donors (Lipinski definition) is 1. The van der Waals surface area contributed by atoms with Gasteiger partial charge in [-0.25, -0.2) is 9.67 Å². The predicted molar refractivity (Wildman–Crippen MR) is 79.6 cm³/mol. The first-order valence-electron chi connectivity index (χ1n) is 6.35. The molecule has 0 aromatic carbocycles. The second-order valence-corrected chi connectivity index (χ2v) is 5.27. The van der Waals surface area contributed by atoms with E-state index < -0.39 is 0 Å². The van der Waals surface area contributed by atoms with Crippen LogP contribution in [0.3, 0.4) is 0 Å². The van der Waals surface area contributed by atoms with Crippen molar-refractivity contribution in [2.45, 2.75) is 13.8 Å². The fourth-order valence-electron chi connectivity index (χ4n) is 1.92. The third kappa shape index (κ3) is 2.32. The quantitative estimate of drug-likeness (QED) is 0.800. The number of fused-ring (bicyclic) bond motifs is 1. The zero-order valence-electron chi connectivity index (χ0n) is 11.5. The minimum atomic E-state index is 0.551. The second-order valence-electron chi connectivity index (χ2n) is 4.37. The van der Waals surface area contributed by atoms with Crippen LogP contribution in [0.2, 0.25) is 0 Å². The van der Waals surface area contributed by atoms with E-state index in [2.05, 4.69) is 20.4 Å². The van der Waals surface area contributed by atoms with Crippen molar-refractivity contribution in [2.75, 3.05) is 11.9 Å². The van der Waals surface area contributed by atoms with E-state index in [1.807, 2.05) is 38.4 Å². The standard InChI is InChI=1S/C13H15N5OS/c1-4-14-13-15-11(9-5-6-20-12(9)16-13)19-10-7-8(2)17-18(10)3/h5-7H,4H2,1-3H3,(H,14,15,16). The number of nitrogens with one attached hydrogen (secondary N) is 1. The number of hydrogen-bond acceptors (Lipinski definition) is 6. The molecule has 1 N–H and O–H groups in total. The average Bonchev–Trinajstić information content (AvgIpc) is 2.97. The monoisotopic (exact) mass is 289 g/mol. The summed E-state index contributed by atoms with van der Waals surface area (Å²) in [7, 11) is 1.85. The zero-order valence-corrected chi connectivity index (χ0v) is 12.4. The van der Waals surface area contributed by atoms with E-state index >= 15 is 0 Å². The molecule has 0 amide bonds. The van der Waals surface area contributed by atoms with Gasteiger partial charge in [0.1, 0.15) is 4.83 Å². The van der Waals surface area contributed by atoms with Gasteiger partial charge in [-0.2, -0.15) is 10.1 Å². The van der Waals surface area contributed by atoms with Crippen LogP contribution in [0.25, 0.3) is 10.2 Å². The minimum absolute atomic E-state index is 0.551. The SMILES string of the molecule is CCNc1nc(Oc2cc(C)nn2C)c2ccsc2n1. The Balaban J connectivity index is 2.05. The minimum Gasteiger partial charge on any atom is -0.420 e. The molecule has 20 heavy (non-hydrogen) atoms. The fraction of sp³-hybridized carbons (Fsp3) is 0.308. The highest BCUT2D eigenvalue weighted by Gasteiger charge is 2.13. The molecule has 3 aromatic rings. The smallest absolute Gasteiger partial charge is 0.234 e. The first-order valence-corrected chi connectivity index (χ1v) is 7.23. The van der Waals surface area contributed by atoms with E-state index in [1.54, 1.807) is 16.0 Å². The van der Waals surface area contributed by atoms with E-state index in [0.717, 1.165) is 22.5 Å². The molecule has 6 nitrogen and oxygen atoms in total. The number of nitrogens with zero attached hydrogens (tertiary/aromatic N) is 4. The molecular formula is C13H15N5OS. The molecule has 3 rings (SSSR count). The summed E-state index contributed by atoms with van der Waals surface area (Å²) in [5, 5.41) is 10.3. The number of aromatic nitrogens is 4. The summed E-state index contributed by atoms with van der Waals surface area (Å²) in [6, 6.07) is 3.85. The van der Waals surface area contributed by atoms with E-state index in [9.17, 15) is 0 Å². The molecule has 0 bridgehead atoms. The average molecular weight is 289 g/mol. The molecule has 0 spiro atoms. The number of ether oxygens (including phenoxy) is 1. The maximum atomic E-state index is 5.90. The largest absolute Gasteiger partial charge is 0.420 e. The highest BCUT2D eigenvalue weighted by Crippen LogP contribution is 2.31. The van der Waals surface area contributed by atoms with Gasteiger partial charge in [-0.15, -0.1) is 11.3 Å². The van der Waals surface area contributed by atoms with Crippen LogP contribution in [-0.2, 0) is 7.05 Å². The van der Waals surface area contributed by atoms with Crippen LogP contribution in [0.5, 0.6) is 11.8 Å². The van der Waals surface area contributed by atoms with Gasteiger partial charge in [0.2, 0.25) is 17.7 Å². The Kier molecular flexibility index (Phi) is 3.27. The predicted octanol–water partition coefficient (Wildman–Crippen LogP) is 2.96. The third-order valence-corrected chi connectivity index (χ3v) is 3.59. The van der Waals surface area contributed by atoms with Gasteiger partial charge in [0.05, 0.1) is 11.1 Å². The lowest BCUT2D eigenvalue weighted by Crippen LogP contribution is -2.03. The maximum Gasteiger partial charge on any atom is 0.234 e. The van der Waals surface area contributed by atoms with E-state index in [1.165, 1.54) is 0 Å². The van der Waals surface area contributed by atoms with Crippen molar-refractivity contribution < 1.29 is 4.74 Å². The fourth-order valence-corrected chi connectivity index (χ4v) is 2.68. The van der Waals surface area contributed by atoms with Crippen LogP contribution in [0.4, 0.5) is 5.95 Å². The Hall–Kier alpha value is -2.15. The number of anilines is 1. The lowest BCUT2D eigenvalue weighted by molar-refractivity contribution is 0.420. The second kappa shape index (κ2) is 5.09. The van der Waals surface area contributed by atoms with Crippen molar-refractivity contribution in [1.82, 2.24) is 19.7 Å². The molecule has 0 saturated carbocycles. The van der Waals surface area contributed by atoms with Crippen LogP contribution in [0.15, 0.2) is 17.5 Å². The molecule has 0 unspecified atom stereocenters. The maximum absolute atomic E-state index is 5.90. The molecule has 0 atom stereocenters. The van der Waals surface area contributed by atoms with E-state index in [4.69, 9.17) is 4.74 Å². The molecule has 3 heterocycles. The molecule has 0 fully saturated rings. The van der Waals surface area contributed by atoms with Crippen molar-refractivity contribution >= 4 is 27.5 Å². The zero-order chi connectivity index (χ0) is 14.1. The number of thiophene rings is 1. The van der Waals surface area contributed by atoms with Crippen molar-refractivity contribution in [3.05, 3.63) is 23.2 Å². The molecular weight excluding hydrogens is 274 g/mol. The summed E-state index contributed by atoms with van der Waals surface area (Å²) < 4.78 is 7.60.